The Hall–Kier alpha value is -0.160. The normalized spacial score (nSPS) is 31.2. The van der Waals surface area contributed by atoms with Gasteiger partial charge in [0, 0.05) is 25.8 Å². The Balaban J connectivity index is 2.51. The summed E-state index contributed by atoms with van der Waals surface area (Å²) in [7, 11) is 0. The van der Waals surface area contributed by atoms with Crippen molar-refractivity contribution in [2.24, 2.45) is 11.7 Å². The molecule has 1 aliphatic rings. The van der Waals surface area contributed by atoms with Crippen LogP contribution in [-0.4, -0.2) is 43.1 Å². The van der Waals surface area contributed by atoms with E-state index in [4.69, 9.17) is 15.6 Å². The summed E-state index contributed by atoms with van der Waals surface area (Å²) in [6.07, 6.45) is 2.12. The standard InChI is InChI=1S/C11H24N2O2/c1-9(6-14)10(2)13-11(7-12)4-3-5-15-8-11/h9-10,13-14H,3-8,12H2,1-2H3. The molecule has 1 heterocycles. The topological polar surface area (TPSA) is 67.5 Å². The molecule has 0 spiro atoms. The average molecular weight is 216 g/mol. The smallest absolute Gasteiger partial charge is 0.0660 e. The molecule has 4 heteroatoms. The minimum atomic E-state index is -0.0822. The van der Waals surface area contributed by atoms with Crippen molar-refractivity contribution in [3.8, 4) is 0 Å². The van der Waals surface area contributed by atoms with Crippen molar-refractivity contribution in [3.63, 3.8) is 0 Å². The van der Waals surface area contributed by atoms with Crippen molar-refractivity contribution in [3.05, 3.63) is 0 Å². The fraction of sp³-hybridized carbons (Fsp3) is 1.00. The van der Waals surface area contributed by atoms with Gasteiger partial charge in [0.25, 0.3) is 0 Å². The highest BCUT2D eigenvalue weighted by atomic mass is 16.5. The van der Waals surface area contributed by atoms with Crippen LogP contribution < -0.4 is 11.1 Å². The van der Waals surface area contributed by atoms with Crippen LogP contribution in [0.5, 0.6) is 0 Å². The maximum Gasteiger partial charge on any atom is 0.0660 e. The fourth-order valence-corrected chi connectivity index (χ4v) is 1.97. The van der Waals surface area contributed by atoms with E-state index >= 15 is 0 Å². The van der Waals surface area contributed by atoms with E-state index < -0.39 is 0 Å². The van der Waals surface area contributed by atoms with E-state index in [1.165, 1.54) is 0 Å². The molecule has 4 N–H and O–H groups in total. The summed E-state index contributed by atoms with van der Waals surface area (Å²) in [6.45, 7) is 6.45. The quantitative estimate of drug-likeness (QED) is 0.610. The van der Waals surface area contributed by atoms with Gasteiger partial charge in [0.05, 0.1) is 12.1 Å². The van der Waals surface area contributed by atoms with Crippen LogP contribution in [-0.2, 0) is 4.74 Å². The number of hydrogen-bond acceptors (Lipinski definition) is 4. The van der Waals surface area contributed by atoms with Crippen molar-refractivity contribution in [2.75, 3.05) is 26.4 Å². The molecule has 0 aliphatic carbocycles. The minimum Gasteiger partial charge on any atom is -0.396 e. The first-order valence-corrected chi connectivity index (χ1v) is 5.80. The van der Waals surface area contributed by atoms with Crippen LogP contribution in [0, 0.1) is 5.92 Å². The molecule has 1 rings (SSSR count). The maximum absolute atomic E-state index is 9.09. The molecule has 0 aromatic rings. The summed E-state index contributed by atoms with van der Waals surface area (Å²) in [6, 6.07) is 0.264. The second kappa shape index (κ2) is 5.80. The van der Waals surface area contributed by atoms with Crippen molar-refractivity contribution >= 4 is 0 Å². The molecule has 1 fully saturated rings. The lowest BCUT2D eigenvalue weighted by atomic mass is 9.90. The number of ether oxygens (including phenoxy) is 1. The molecule has 0 radical (unpaired) electrons. The molecular weight excluding hydrogens is 192 g/mol. The van der Waals surface area contributed by atoms with Gasteiger partial charge in [-0.2, -0.15) is 0 Å². The highest BCUT2D eigenvalue weighted by Crippen LogP contribution is 2.20. The number of nitrogens with one attached hydrogen (secondary N) is 1. The molecule has 3 unspecified atom stereocenters. The van der Waals surface area contributed by atoms with E-state index in [9.17, 15) is 0 Å². The second-order valence-electron chi connectivity index (χ2n) is 4.73. The fourth-order valence-electron chi connectivity index (χ4n) is 1.97. The molecule has 15 heavy (non-hydrogen) atoms. The third kappa shape index (κ3) is 3.41. The molecule has 0 bridgehead atoms. The van der Waals surface area contributed by atoms with E-state index in [1.807, 2.05) is 6.92 Å². The predicted octanol–water partition coefficient (Wildman–Crippen LogP) is 0.101. The first-order valence-electron chi connectivity index (χ1n) is 5.80. The molecule has 1 saturated heterocycles. The lowest BCUT2D eigenvalue weighted by Crippen LogP contribution is -2.60. The molecule has 1 aliphatic heterocycles. The maximum atomic E-state index is 9.09. The molecule has 90 valence electrons. The first-order chi connectivity index (χ1) is 7.13. The zero-order chi connectivity index (χ0) is 11.3. The van der Waals surface area contributed by atoms with Crippen LogP contribution in [0.25, 0.3) is 0 Å². The summed E-state index contributed by atoms with van der Waals surface area (Å²) in [5, 5.41) is 12.6. The van der Waals surface area contributed by atoms with E-state index in [2.05, 4.69) is 12.2 Å². The number of nitrogens with two attached hydrogens (primary N) is 1. The Labute approximate surface area is 92.2 Å². The van der Waals surface area contributed by atoms with Gasteiger partial charge in [-0.05, 0) is 25.7 Å². The molecule has 0 aromatic heterocycles. The van der Waals surface area contributed by atoms with E-state index in [0.29, 0.717) is 13.2 Å². The van der Waals surface area contributed by atoms with E-state index in [-0.39, 0.29) is 24.1 Å². The average Bonchev–Trinajstić information content (AvgIpc) is 2.29. The summed E-state index contributed by atoms with van der Waals surface area (Å²) in [5.41, 5.74) is 5.74. The van der Waals surface area contributed by atoms with Crippen LogP contribution in [0.3, 0.4) is 0 Å². The Morgan fingerprint density at radius 2 is 2.27 bits per heavy atom. The van der Waals surface area contributed by atoms with Gasteiger partial charge in [-0.3, -0.25) is 0 Å². The van der Waals surface area contributed by atoms with Gasteiger partial charge in [-0.1, -0.05) is 6.92 Å². The number of hydrogen-bond donors (Lipinski definition) is 3. The Kier molecular flexibility index (Phi) is 4.99. The summed E-state index contributed by atoms with van der Waals surface area (Å²) in [4.78, 5) is 0. The number of rotatable bonds is 5. The van der Waals surface area contributed by atoms with Crippen LogP contribution in [0.4, 0.5) is 0 Å². The number of aliphatic hydroxyl groups excluding tert-OH is 1. The predicted molar refractivity (Wildman–Crippen MR) is 60.7 cm³/mol. The minimum absolute atomic E-state index is 0.0822. The Morgan fingerprint density at radius 1 is 1.53 bits per heavy atom. The lowest BCUT2D eigenvalue weighted by Gasteiger charge is -2.40. The highest BCUT2D eigenvalue weighted by Gasteiger charge is 2.33. The molecular formula is C11H24N2O2. The van der Waals surface area contributed by atoms with E-state index in [0.717, 1.165) is 19.4 Å². The summed E-state index contributed by atoms with van der Waals surface area (Å²) in [5.74, 6) is 0.246. The zero-order valence-electron chi connectivity index (χ0n) is 9.83. The first kappa shape index (κ1) is 12.9. The van der Waals surface area contributed by atoms with Gasteiger partial charge < -0.3 is 20.9 Å². The van der Waals surface area contributed by atoms with Crippen LogP contribution >= 0.6 is 0 Å². The van der Waals surface area contributed by atoms with Crippen LogP contribution in [0.1, 0.15) is 26.7 Å². The van der Waals surface area contributed by atoms with Crippen LogP contribution in [0.15, 0.2) is 0 Å². The number of aliphatic hydroxyl groups is 1. The van der Waals surface area contributed by atoms with Gasteiger partial charge >= 0.3 is 0 Å². The molecule has 0 saturated carbocycles. The van der Waals surface area contributed by atoms with Gasteiger partial charge in [0.2, 0.25) is 0 Å². The second-order valence-corrected chi connectivity index (χ2v) is 4.73. The van der Waals surface area contributed by atoms with Gasteiger partial charge in [0.15, 0.2) is 0 Å². The molecule has 0 amide bonds. The Morgan fingerprint density at radius 3 is 2.73 bits per heavy atom. The van der Waals surface area contributed by atoms with Crippen molar-refractivity contribution in [1.82, 2.24) is 5.32 Å². The van der Waals surface area contributed by atoms with Crippen molar-refractivity contribution in [1.29, 1.82) is 0 Å². The summed E-state index contributed by atoms with van der Waals surface area (Å²) < 4.78 is 5.49. The SMILES string of the molecule is CC(CO)C(C)NC1(CN)CCCOC1. The van der Waals surface area contributed by atoms with Crippen molar-refractivity contribution in [2.45, 2.75) is 38.3 Å². The van der Waals surface area contributed by atoms with Gasteiger partial charge in [-0.25, -0.2) is 0 Å². The monoisotopic (exact) mass is 216 g/mol. The molecule has 4 nitrogen and oxygen atoms in total. The molecule has 3 atom stereocenters. The van der Waals surface area contributed by atoms with Crippen molar-refractivity contribution < 1.29 is 9.84 Å². The van der Waals surface area contributed by atoms with Crippen LogP contribution in [0.2, 0.25) is 0 Å². The lowest BCUT2D eigenvalue weighted by molar-refractivity contribution is 0.0143. The van der Waals surface area contributed by atoms with Gasteiger partial charge in [-0.15, -0.1) is 0 Å². The third-order valence-electron chi connectivity index (χ3n) is 3.39. The zero-order valence-corrected chi connectivity index (χ0v) is 9.83. The largest absolute Gasteiger partial charge is 0.396 e. The Bertz CT molecular complexity index is 181. The van der Waals surface area contributed by atoms with E-state index in [1.54, 1.807) is 0 Å². The third-order valence-corrected chi connectivity index (χ3v) is 3.39. The molecule has 0 aromatic carbocycles. The van der Waals surface area contributed by atoms with Gasteiger partial charge in [0.1, 0.15) is 0 Å². The highest BCUT2D eigenvalue weighted by molar-refractivity contribution is 4.93. The summed E-state index contributed by atoms with van der Waals surface area (Å²) >= 11 is 0.